The Kier molecular flexibility index (Phi) is 7.88. The second-order valence-corrected chi connectivity index (χ2v) is 4.93. The van der Waals surface area contributed by atoms with Gasteiger partial charge < -0.3 is 0 Å². The molecule has 60 valence electrons. The predicted molar refractivity (Wildman–Crippen MR) is 54.9 cm³/mol. The second-order valence-electron chi connectivity index (χ2n) is 2.26. The molecule has 0 heterocycles. The van der Waals surface area contributed by atoms with Crippen molar-refractivity contribution in [3.63, 3.8) is 0 Å². The number of hydrogen-bond donors (Lipinski definition) is 0. The minimum Gasteiger partial charge on any atom is -0.151 e. The highest BCUT2D eigenvalue weighted by Crippen LogP contribution is 2.11. The van der Waals surface area contributed by atoms with Crippen molar-refractivity contribution in [2.45, 2.75) is 20.8 Å². The van der Waals surface area contributed by atoms with Gasteiger partial charge in [0.25, 0.3) is 0 Å². The fraction of sp³-hybridized carbons (Fsp3) is 0.750. The molecule has 0 saturated heterocycles. The molecule has 0 amide bonds. The molecule has 0 atom stereocenters. The third-order valence-corrected chi connectivity index (χ3v) is 3.12. The van der Waals surface area contributed by atoms with Crippen LogP contribution in [0, 0.1) is 0 Å². The fourth-order valence-corrected chi connectivity index (χ4v) is 2.39. The number of hydrogen-bond acceptors (Lipinski definition) is 2. The van der Waals surface area contributed by atoms with Gasteiger partial charge in [-0.3, -0.25) is 0 Å². The summed E-state index contributed by atoms with van der Waals surface area (Å²) in [5.41, 5.74) is 1.42. The van der Waals surface area contributed by atoms with Gasteiger partial charge in [0.2, 0.25) is 0 Å². The third kappa shape index (κ3) is 8.44. The Balaban J connectivity index is 2.98. The van der Waals surface area contributed by atoms with Crippen LogP contribution in [0.5, 0.6) is 0 Å². The van der Waals surface area contributed by atoms with Crippen molar-refractivity contribution in [3.05, 3.63) is 11.6 Å². The van der Waals surface area contributed by atoms with E-state index in [0.717, 1.165) is 0 Å². The monoisotopic (exact) mass is 176 g/mol. The van der Waals surface area contributed by atoms with E-state index in [1.807, 2.05) is 23.5 Å². The maximum Gasteiger partial charge on any atom is 0.0395 e. The Morgan fingerprint density at radius 3 is 2.50 bits per heavy atom. The van der Waals surface area contributed by atoms with Crippen molar-refractivity contribution in [1.29, 1.82) is 0 Å². The summed E-state index contributed by atoms with van der Waals surface area (Å²) < 4.78 is 0. The van der Waals surface area contributed by atoms with Crippen LogP contribution in [-0.4, -0.2) is 16.6 Å². The molecule has 10 heavy (non-hydrogen) atoms. The van der Waals surface area contributed by atoms with Gasteiger partial charge in [-0.1, -0.05) is 18.6 Å². The molecule has 0 aliphatic heterocycles. The van der Waals surface area contributed by atoms with Gasteiger partial charge in [-0.2, -0.15) is 11.8 Å². The van der Waals surface area contributed by atoms with Gasteiger partial charge in [0.1, 0.15) is 0 Å². The molecule has 0 aliphatic rings. The minimum atomic E-state index is 1.18. The lowest BCUT2D eigenvalue weighted by molar-refractivity contribution is 1.37. The molecule has 0 aromatic rings. The van der Waals surface area contributed by atoms with Crippen molar-refractivity contribution >= 4 is 23.5 Å². The molecule has 0 radical (unpaired) electrons. The SMILES string of the molecule is CCSCSCC=C(C)C. The van der Waals surface area contributed by atoms with Crippen LogP contribution in [0.4, 0.5) is 0 Å². The normalized spacial score (nSPS) is 9.50. The summed E-state index contributed by atoms with van der Waals surface area (Å²) in [4.78, 5) is 0. The van der Waals surface area contributed by atoms with Crippen LogP contribution in [0.1, 0.15) is 20.8 Å². The summed E-state index contributed by atoms with van der Waals surface area (Å²) in [5, 5.41) is 1.24. The van der Waals surface area contributed by atoms with Crippen LogP contribution in [0.3, 0.4) is 0 Å². The highest BCUT2D eigenvalue weighted by Gasteiger charge is 1.84. The predicted octanol–water partition coefficient (Wildman–Crippen LogP) is 3.40. The van der Waals surface area contributed by atoms with Gasteiger partial charge in [0, 0.05) is 10.8 Å². The van der Waals surface area contributed by atoms with E-state index in [9.17, 15) is 0 Å². The zero-order valence-electron chi connectivity index (χ0n) is 7.02. The second kappa shape index (κ2) is 7.55. The maximum absolute atomic E-state index is 2.28. The summed E-state index contributed by atoms with van der Waals surface area (Å²) >= 11 is 3.99. The number of allylic oxidation sites excluding steroid dienone is 1. The van der Waals surface area contributed by atoms with Crippen molar-refractivity contribution in [2.24, 2.45) is 0 Å². The van der Waals surface area contributed by atoms with E-state index in [1.165, 1.54) is 22.2 Å². The van der Waals surface area contributed by atoms with Crippen molar-refractivity contribution < 1.29 is 0 Å². The zero-order valence-corrected chi connectivity index (χ0v) is 8.65. The van der Waals surface area contributed by atoms with Crippen molar-refractivity contribution in [3.8, 4) is 0 Å². The van der Waals surface area contributed by atoms with E-state index in [4.69, 9.17) is 0 Å². The summed E-state index contributed by atoms with van der Waals surface area (Å²) in [6, 6.07) is 0. The van der Waals surface area contributed by atoms with Crippen LogP contribution in [-0.2, 0) is 0 Å². The van der Waals surface area contributed by atoms with Crippen LogP contribution < -0.4 is 0 Å². The molecule has 0 fully saturated rings. The molecule has 0 rings (SSSR count). The third-order valence-electron chi connectivity index (χ3n) is 0.980. The van der Waals surface area contributed by atoms with E-state index in [0.29, 0.717) is 0 Å². The van der Waals surface area contributed by atoms with E-state index >= 15 is 0 Å². The molecule has 0 bridgehead atoms. The standard InChI is InChI=1S/C8H16S2/c1-4-9-7-10-6-5-8(2)3/h5H,4,6-7H2,1-3H3. The first-order valence-corrected chi connectivity index (χ1v) is 5.87. The largest absolute Gasteiger partial charge is 0.151 e. The summed E-state index contributed by atoms with van der Waals surface area (Å²) in [6.07, 6.45) is 2.28. The molecule has 0 aromatic heterocycles. The Bertz CT molecular complexity index is 93.4. The van der Waals surface area contributed by atoms with Gasteiger partial charge in [-0.25, -0.2) is 0 Å². The molecule has 2 heteroatoms. The average Bonchev–Trinajstić information content (AvgIpc) is 1.87. The average molecular weight is 176 g/mol. The van der Waals surface area contributed by atoms with Gasteiger partial charge in [0.15, 0.2) is 0 Å². The van der Waals surface area contributed by atoms with Gasteiger partial charge in [0.05, 0.1) is 0 Å². The lowest BCUT2D eigenvalue weighted by atomic mass is 10.3. The maximum atomic E-state index is 2.28. The first-order valence-electron chi connectivity index (χ1n) is 3.56. The number of thioether (sulfide) groups is 2. The van der Waals surface area contributed by atoms with Crippen molar-refractivity contribution in [2.75, 3.05) is 16.6 Å². The van der Waals surface area contributed by atoms with Crippen molar-refractivity contribution in [1.82, 2.24) is 0 Å². The first-order chi connectivity index (χ1) is 4.77. The Labute approximate surface area is 72.9 Å². The Morgan fingerprint density at radius 2 is 2.00 bits per heavy atom. The highest BCUT2D eigenvalue weighted by atomic mass is 32.2. The molecular formula is C8H16S2. The van der Waals surface area contributed by atoms with Gasteiger partial charge >= 0.3 is 0 Å². The van der Waals surface area contributed by atoms with Crippen LogP contribution in [0.2, 0.25) is 0 Å². The molecule has 0 saturated carbocycles. The first kappa shape index (κ1) is 10.4. The van der Waals surface area contributed by atoms with E-state index in [1.54, 1.807) is 0 Å². The molecule has 0 aliphatic carbocycles. The van der Waals surface area contributed by atoms with Crippen LogP contribution in [0.25, 0.3) is 0 Å². The lowest BCUT2D eigenvalue weighted by Gasteiger charge is -1.95. The number of rotatable bonds is 5. The van der Waals surface area contributed by atoms with E-state index in [-0.39, 0.29) is 0 Å². The fourth-order valence-electron chi connectivity index (χ4n) is 0.416. The molecule has 0 spiro atoms. The van der Waals surface area contributed by atoms with Gasteiger partial charge in [-0.15, -0.1) is 11.8 Å². The molecule has 0 aromatic carbocycles. The summed E-state index contributed by atoms with van der Waals surface area (Å²) in [5.74, 6) is 2.41. The van der Waals surface area contributed by atoms with E-state index in [2.05, 4.69) is 26.8 Å². The molecule has 0 unspecified atom stereocenters. The molecular weight excluding hydrogens is 160 g/mol. The van der Waals surface area contributed by atoms with E-state index < -0.39 is 0 Å². The van der Waals surface area contributed by atoms with Crippen LogP contribution >= 0.6 is 23.5 Å². The quantitative estimate of drug-likeness (QED) is 0.358. The highest BCUT2D eigenvalue weighted by molar-refractivity contribution is 8.16. The lowest BCUT2D eigenvalue weighted by Crippen LogP contribution is -1.76. The minimum absolute atomic E-state index is 1.18. The van der Waals surface area contributed by atoms with Crippen LogP contribution in [0.15, 0.2) is 11.6 Å². The molecule has 0 N–H and O–H groups in total. The Hall–Kier alpha value is 0.440. The molecule has 0 nitrogen and oxygen atoms in total. The smallest absolute Gasteiger partial charge is 0.0395 e. The van der Waals surface area contributed by atoms with Gasteiger partial charge in [-0.05, 0) is 19.6 Å². The zero-order chi connectivity index (χ0) is 7.82. The Morgan fingerprint density at radius 1 is 1.30 bits per heavy atom. The summed E-state index contributed by atoms with van der Waals surface area (Å²) in [7, 11) is 0. The summed E-state index contributed by atoms with van der Waals surface area (Å²) in [6.45, 7) is 6.49. The topological polar surface area (TPSA) is 0 Å².